The summed E-state index contributed by atoms with van der Waals surface area (Å²) in [4.78, 5) is 37.5. The second-order valence-corrected chi connectivity index (χ2v) is 22.1. The molecular weight excluding hydrogens is 846 g/mol. The minimum absolute atomic E-state index is 0.0267. The molecule has 0 rings (SSSR count). The average Bonchev–Trinajstić information content (AvgIpc) is 3.27. The Kier molecular flexibility index (Phi) is 47.8. The molecular formula is C56H110NO8P. The highest BCUT2D eigenvalue weighted by molar-refractivity contribution is 7.45. The van der Waals surface area contributed by atoms with Gasteiger partial charge in [0, 0.05) is 12.8 Å². The molecule has 0 spiro atoms. The maximum absolute atomic E-state index is 12.7. The maximum atomic E-state index is 12.7. The number of quaternary nitrogens is 1. The monoisotopic (exact) mass is 956 g/mol. The van der Waals surface area contributed by atoms with Crippen LogP contribution in [0.3, 0.4) is 0 Å². The van der Waals surface area contributed by atoms with Crippen LogP contribution in [-0.2, 0) is 32.7 Å². The van der Waals surface area contributed by atoms with Crippen LogP contribution in [-0.4, -0.2) is 70.0 Å². The lowest BCUT2D eigenvalue weighted by Crippen LogP contribution is -2.37. The first-order valence-corrected chi connectivity index (χ1v) is 29.9. The topological polar surface area (TPSA) is 111 Å². The van der Waals surface area contributed by atoms with Gasteiger partial charge in [-0.15, -0.1) is 0 Å². The summed E-state index contributed by atoms with van der Waals surface area (Å²) < 4.78 is 33.9. The molecule has 0 fully saturated rings. The summed E-state index contributed by atoms with van der Waals surface area (Å²) in [5.74, 6) is -0.826. The van der Waals surface area contributed by atoms with E-state index in [-0.39, 0.29) is 32.0 Å². The summed E-state index contributed by atoms with van der Waals surface area (Å²) in [5, 5.41) is 0. The van der Waals surface area contributed by atoms with Crippen LogP contribution in [0, 0.1) is 0 Å². The molecule has 0 heterocycles. The average molecular weight is 956 g/mol. The standard InChI is InChI=1S/C56H110NO8P/c1-6-8-10-12-14-15-16-17-18-19-20-21-22-23-24-25-26-27-28-29-30-31-32-33-34-35-36-37-38-39-40-41-43-45-47-49-56(59)65-54(53-64-66(60,61)63-51-50-57(3,4)5)52-62-55(58)48-46-44-42-13-11-9-7-2/h19-20,54H,6-18,21-53H2,1-5H3/b20-19-. The second-order valence-electron chi connectivity index (χ2n) is 20.7. The van der Waals surface area contributed by atoms with E-state index in [0.717, 1.165) is 32.1 Å². The third-order valence-corrected chi connectivity index (χ3v) is 13.7. The molecule has 0 bridgehead atoms. The molecule has 0 amide bonds. The van der Waals surface area contributed by atoms with Crippen molar-refractivity contribution in [2.24, 2.45) is 0 Å². The van der Waals surface area contributed by atoms with Gasteiger partial charge < -0.3 is 27.9 Å². The van der Waals surface area contributed by atoms with Crippen LogP contribution < -0.4 is 4.89 Å². The predicted molar refractivity (Wildman–Crippen MR) is 278 cm³/mol. The molecule has 0 radical (unpaired) electrons. The third-order valence-electron chi connectivity index (χ3n) is 12.8. The fraction of sp³-hybridized carbons (Fsp3) is 0.929. The Hall–Kier alpha value is -1.25. The van der Waals surface area contributed by atoms with Gasteiger partial charge in [-0.2, -0.15) is 0 Å². The van der Waals surface area contributed by atoms with Gasteiger partial charge in [0.25, 0.3) is 7.82 Å². The van der Waals surface area contributed by atoms with Gasteiger partial charge in [-0.05, 0) is 38.5 Å². The van der Waals surface area contributed by atoms with E-state index in [0.29, 0.717) is 17.4 Å². The first kappa shape index (κ1) is 64.8. The van der Waals surface area contributed by atoms with Crippen LogP contribution >= 0.6 is 7.82 Å². The first-order valence-electron chi connectivity index (χ1n) is 28.4. The predicted octanol–water partition coefficient (Wildman–Crippen LogP) is 16.6. The molecule has 66 heavy (non-hydrogen) atoms. The number of unbranched alkanes of at least 4 members (excludes halogenated alkanes) is 37. The van der Waals surface area contributed by atoms with E-state index in [1.165, 1.54) is 218 Å². The fourth-order valence-electron chi connectivity index (χ4n) is 8.36. The number of phosphoric ester groups is 1. The van der Waals surface area contributed by atoms with E-state index in [2.05, 4.69) is 26.0 Å². The highest BCUT2D eigenvalue weighted by atomic mass is 31.2. The SMILES string of the molecule is CCCCCCCCCC/C=C\CCCCCCCCCCCCCCCCCCCCCCCCCC(=O)OC(COC(=O)CCCCCCCCC)COP(=O)([O-])OCC[N+](C)(C)C. The summed E-state index contributed by atoms with van der Waals surface area (Å²) in [7, 11) is 1.18. The lowest BCUT2D eigenvalue weighted by molar-refractivity contribution is -0.870. The van der Waals surface area contributed by atoms with Crippen LogP contribution in [0.1, 0.15) is 284 Å². The third kappa shape index (κ3) is 52.1. The molecule has 10 heteroatoms. The summed E-state index contributed by atoms with van der Waals surface area (Å²) >= 11 is 0. The van der Waals surface area contributed by atoms with Crippen molar-refractivity contribution in [3.05, 3.63) is 12.2 Å². The molecule has 0 aromatic heterocycles. The van der Waals surface area contributed by atoms with E-state index >= 15 is 0 Å². The fourth-order valence-corrected chi connectivity index (χ4v) is 9.09. The maximum Gasteiger partial charge on any atom is 0.306 e. The molecule has 0 saturated carbocycles. The number of carbonyl (C=O) groups excluding carboxylic acids is 2. The van der Waals surface area contributed by atoms with Crippen LogP contribution in [0.25, 0.3) is 0 Å². The smallest absolute Gasteiger partial charge is 0.306 e. The zero-order valence-corrected chi connectivity index (χ0v) is 45.3. The molecule has 0 saturated heterocycles. The largest absolute Gasteiger partial charge is 0.756 e. The number of hydrogen-bond acceptors (Lipinski definition) is 8. The van der Waals surface area contributed by atoms with Crippen molar-refractivity contribution in [1.29, 1.82) is 0 Å². The lowest BCUT2D eigenvalue weighted by atomic mass is 10.0. The van der Waals surface area contributed by atoms with Gasteiger partial charge in [-0.3, -0.25) is 14.2 Å². The van der Waals surface area contributed by atoms with Crippen LogP contribution in [0.5, 0.6) is 0 Å². The van der Waals surface area contributed by atoms with Gasteiger partial charge in [-0.1, -0.05) is 244 Å². The van der Waals surface area contributed by atoms with Gasteiger partial charge in [0.2, 0.25) is 0 Å². The second kappa shape index (κ2) is 48.8. The van der Waals surface area contributed by atoms with Gasteiger partial charge in [0.15, 0.2) is 6.10 Å². The molecule has 0 aliphatic heterocycles. The molecule has 2 atom stereocenters. The molecule has 9 nitrogen and oxygen atoms in total. The Balaban J connectivity index is 3.81. The Morgan fingerprint density at radius 1 is 0.455 bits per heavy atom. The van der Waals surface area contributed by atoms with Crippen molar-refractivity contribution in [2.75, 3.05) is 47.5 Å². The van der Waals surface area contributed by atoms with Crippen LogP contribution in [0.15, 0.2) is 12.2 Å². The van der Waals surface area contributed by atoms with E-state index in [9.17, 15) is 19.0 Å². The van der Waals surface area contributed by atoms with Crippen molar-refractivity contribution >= 4 is 19.8 Å². The van der Waals surface area contributed by atoms with E-state index in [1.54, 1.807) is 0 Å². The molecule has 2 unspecified atom stereocenters. The van der Waals surface area contributed by atoms with Crippen molar-refractivity contribution in [1.82, 2.24) is 0 Å². The van der Waals surface area contributed by atoms with Gasteiger partial charge in [0.05, 0.1) is 27.7 Å². The summed E-state index contributed by atoms with van der Waals surface area (Å²) in [6, 6.07) is 0. The number of esters is 2. The molecule has 392 valence electrons. The molecule has 0 aliphatic carbocycles. The van der Waals surface area contributed by atoms with Crippen molar-refractivity contribution in [3.63, 3.8) is 0 Å². The summed E-state index contributed by atoms with van der Waals surface area (Å²) in [5.41, 5.74) is 0. The van der Waals surface area contributed by atoms with Gasteiger partial charge in [-0.25, -0.2) is 0 Å². The minimum Gasteiger partial charge on any atom is -0.756 e. The normalized spacial score (nSPS) is 13.4. The molecule has 0 aliphatic rings. The highest BCUT2D eigenvalue weighted by Gasteiger charge is 2.22. The van der Waals surface area contributed by atoms with Gasteiger partial charge >= 0.3 is 11.9 Å². The van der Waals surface area contributed by atoms with E-state index in [1.807, 2.05) is 21.1 Å². The minimum atomic E-state index is -4.62. The number of phosphoric acid groups is 1. The Morgan fingerprint density at radius 2 is 0.773 bits per heavy atom. The molecule has 0 aromatic rings. The van der Waals surface area contributed by atoms with E-state index in [4.69, 9.17) is 18.5 Å². The van der Waals surface area contributed by atoms with Crippen LogP contribution in [0.2, 0.25) is 0 Å². The Morgan fingerprint density at radius 3 is 1.12 bits per heavy atom. The number of likely N-dealkylation sites (N-methyl/N-ethyl adjacent to an activating group) is 1. The number of allylic oxidation sites excluding steroid dienone is 2. The zero-order chi connectivity index (χ0) is 48.5. The number of nitrogens with zero attached hydrogens (tertiary/aromatic N) is 1. The van der Waals surface area contributed by atoms with Crippen molar-refractivity contribution in [2.45, 2.75) is 290 Å². The Labute approximate surface area is 409 Å². The zero-order valence-electron chi connectivity index (χ0n) is 44.4. The van der Waals surface area contributed by atoms with Crippen molar-refractivity contribution in [3.8, 4) is 0 Å². The summed E-state index contributed by atoms with van der Waals surface area (Å²) in [6.07, 6.45) is 56.0. The van der Waals surface area contributed by atoms with Crippen LogP contribution in [0.4, 0.5) is 0 Å². The van der Waals surface area contributed by atoms with Gasteiger partial charge in [0.1, 0.15) is 19.8 Å². The number of hydrogen-bond donors (Lipinski definition) is 0. The highest BCUT2D eigenvalue weighted by Crippen LogP contribution is 2.38. The first-order chi connectivity index (χ1) is 32.0. The summed E-state index contributed by atoms with van der Waals surface area (Å²) in [6.45, 7) is 4.22. The lowest BCUT2D eigenvalue weighted by Gasteiger charge is -2.28. The number of rotatable bonds is 53. The molecule has 0 aromatic carbocycles. The number of ether oxygens (including phenoxy) is 2. The van der Waals surface area contributed by atoms with Crippen molar-refractivity contribution < 1.29 is 42.1 Å². The quantitative estimate of drug-likeness (QED) is 0.0195. The number of carbonyl (C=O) groups is 2. The Bertz CT molecular complexity index is 1130. The van der Waals surface area contributed by atoms with E-state index < -0.39 is 26.5 Å². The molecule has 0 N–H and O–H groups in total.